The Bertz CT molecular complexity index is 632. The number of carbonyl (C=O) groups excluding carboxylic acids is 2. The molecule has 0 bridgehead atoms. The Hall–Kier alpha value is -2.62. The maximum atomic E-state index is 12.3. The Morgan fingerprint density at radius 3 is 2.00 bits per heavy atom. The number of ketones is 1. The van der Waals surface area contributed by atoms with E-state index in [0.717, 1.165) is 0 Å². The lowest BCUT2D eigenvalue weighted by atomic mass is 9.98. The molecular weight excluding hydrogens is 244 g/mol. The first-order valence-corrected chi connectivity index (χ1v) is 5.65. The molecule has 0 aliphatic carbocycles. The van der Waals surface area contributed by atoms with Crippen molar-refractivity contribution in [2.24, 2.45) is 0 Å². The number of benzene rings is 2. The van der Waals surface area contributed by atoms with Crippen LogP contribution in [-0.4, -0.2) is 24.0 Å². The van der Waals surface area contributed by atoms with E-state index < -0.39 is 11.8 Å². The largest absolute Gasteiger partial charge is 0.507 e. The first-order chi connectivity index (χ1) is 9.15. The summed E-state index contributed by atoms with van der Waals surface area (Å²) in [6.07, 6.45) is 0. The van der Waals surface area contributed by atoms with Gasteiger partial charge in [-0.05, 0) is 18.2 Å². The molecule has 0 atom stereocenters. The number of rotatable bonds is 3. The second kappa shape index (κ2) is 5.35. The average Bonchev–Trinajstić information content (AvgIpc) is 2.46. The zero-order chi connectivity index (χ0) is 13.8. The van der Waals surface area contributed by atoms with Gasteiger partial charge in [-0.3, -0.25) is 4.79 Å². The van der Waals surface area contributed by atoms with Crippen molar-refractivity contribution < 1.29 is 19.4 Å². The van der Waals surface area contributed by atoms with Crippen LogP contribution in [0.25, 0.3) is 0 Å². The molecule has 0 spiro atoms. The summed E-state index contributed by atoms with van der Waals surface area (Å²) >= 11 is 0. The molecule has 0 saturated heterocycles. The first-order valence-electron chi connectivity index (χ1n) is 5.65. The maximum absolute atomic E-state index is 12.3. The van der Waals surface area contributed by atoms with E-state index in [1.165, 1.54) is 31.4 Å². The highest BCUT2D eigenvalue weighted by Gasteiger charge is 2.20. The highest BCUT2D eigenvalue weighted by atomic mass is 16.5. The Morgan fingerprint density at radius 2 is 1.42 bits per heavy atom. The van der Waals surface area contributed by atoms with E-state index in [1.807, 2.05) is 0 Å². The minimum Gasteiger partial charge on any atom is -0.507 e. The number of methoxy groups -OCH3 is 1. The van der Waals surface area contributed by atoms with Crippen LogP contribution in [-0.2, 0) is 4.74 Å². The number of para-hydroxylation sites is 1. The monoisotopic (exact) mass is 256 g/mol. The van der Waals surface area contributed by atoms with Gasteiger partial charge in [0.05, 0.1) is 18.2 Å². The van der Waals surface area contributed by atoms with Crippen LogP contribution >= 0.6 is 0 Å². The summed E-state index contributed by atoms with van der Waals surface area (Å²) in [5, 5.41) is 9.69. The fraction of sp³-hybridized carbons (Fsp3) is 0.0667. The van der Waals surface area contributed by atoms with Crippen molar-refractivity contribution in [1.29, 1.82) is 0 Å². The standard InChI is InChI=1S/C15H12O4/c1-19-15(18)11-7-3-2-6-10(11)14(17)12-8-4-5-9-13(12)16/h2-9,16H,1H3. The molecule has 0 aliphatic rings. The number of ether oxygens (including phenoxy) is 1. The van der Waals surface area contributed by atoms with E-state index in [1.54, 1.807) is 24.3 Å². The molecule has 96 valence electrons. The molecule has 0 heterocycles. The van der Waals surface area contributed by atoms with Crippen LogP contribution in [0.4, 0.5) is 0 Å². The van der Waals surface area contributed by atoms with Crippen LogP contribution in [0.5, 0.6) is 5.75 Å². The molecule has 2 rings (SSSR count). The van der Waals surface area contributed by atoms with Crippen LogP contribution in [0, 0.1) is 0 Å². The summed E-state index contributed by atoms with van der Waals surface area (Å²) in [6.45, 7) is 0. The predicted octanol–water partition coefficient (Wildman–Crippen LogP) is 2.41. The molecule has 4 heteroatoms. The molecule has 2 aromatic rings. The number of esters is 1. The zero-order valence-electron chi connectivity index (χ0n) is 10.3. The molecule has 0 aliphatic heterocycles. The highest BCUT2D eigenvalue weighted by Crippen LogP contribution is 2.22. The summed E-state index contributed by atoms with van der Waals surface area (Å²) in [6, 6.07) is 12.5. The molecule has 0 aromatic heterocycles. The Balaban J connectivity index is 2.51. The Labute approximate surface area is 110 Å². The molecule has 0 amide bonds. The number of aromatic hydroxyl groups is 1. The highest BCUT2D eigenvalue weighted by molar-refractivity contribution is 6.15. The van der Waals surface area contributed by atoms with Crippen LogP contribution in [0.3, 0.4) is 0 Å². The van der Waals surface area contributed by atoms with Gasteiger partial charge in [-0.2, -0.15) is 0 Å². The SMILES string of the molecule is COC(=O)c1ccccc1C(=O)c1ccccc1O. The fourth-order valence-electron chi connectivity index (χ4n) is 1.78. The van der Waals surface area contributed by atoms with Crippen LogP contribution in [0.1, 0.15) is 26.3 Å². The second-order valence-corrected chi connectivity index (χ2v) is 3.88. The molecule has 0 radical (unpaired) electrons. The average molecular weight is 256 g/mol. The predicted molar refractivity (Wildman–Crippen MR) is 69.3 cm³/mol. The van der Waals surface area contributed by atoms with Crippen molar-refractivity contribution >= 4 is 11.8 Å². The van der Waals surface area contributed by atoms with Gasteiger partial charge in [-0.25, -0.2) is 4.79 Å². The molecule has 0 unspecified atom stereocenters. The normalized spacial score (nSPS) is 9.95. The smallest absolute Gasteiger partial charge is 0.338 e. The molecule has 19 heavy (non-hydrogen) atoms. The van der Waals surface area contributed by atoms with Gasteiger partial charge in [0.1, 0.15) is 5.75 Å². The van der Waals surface area contributed by atoms with E-state index in [2.05, 4.69) is 4.74 Å². The molecule has 4 nitrogen and oxygen atoms in total. The topological polar surface area (TPSA) is 63.6 Å². The van der Waals surface area contributed by atoms with Gasteiger partial charge >= 0.3 is 5.97 Å². The lowest BCUT2D eigenvalue weighted by molar-refractivity contribution is 0.0597. The number of phenols is 1. The minimum atomic E-state index is -0.584. The number of hydrogen-bond donors (Lipinski definition) is 1. The first kappa shape index (κ1) is 12.8. The minimum absolute atomic E-state index is 0.118. The summed E-state index contributed by atoms with van der Waals surface area (Å²) in [4.78, 5) is 24.0. The van der Waals surface area contributed by atoms with Crippen molar-refractivity contribution in [2.45, 2.75) is 0 Å². The van der Waals surface area contributed by atoms with E-state index in [0.29, 0.717) is 0 Å². The van der Waals surface area contributed by atoms with Gasteiger partial charge in [0.2, 0.25) is 0 Å². The van der Waals surface area contributed by atoms with E-state index >= 15 is 0 Å². The zero-order valence-corrected chi connectivity index (χ0v) is 10.3. The summed E-state index contributed by atoms with van der Waals surface area (Å²) in [5.41, 5.74) is 0.535. The Morgan fingerprint density at radius 1 is 0.895 bits per heavy atom. The van der Waals surface area contributed by atoms with Crippen molar-refractivity contribution in [3.05, 3.63) is 65.2 Å². The van der Waals surface area contributed by atoms with E-state index in [-0.39, 0.29) is 22.4 Å². The van der Waals surface area contributed by atoms with Gasteiger partial charge in [-0.1, -0.05) is 30.3 Å². The quantitative estimate of drug-likeness (QED) is 0.676. The lowest BCUT2D eigenvalue weighted by Gasteiger charge is -2.07. The third-order valence-electron chi connectivity index (χ3n) is 2.73. The van der Waals surface area contributed by atoms with Gasteiger partial charge in [0.25, 0.3) is 0 Å². The van der Waals surface area contributed by atoms with Crippen molar-refractivity contribution in [3.8, 4) is 5.75 Å². The lowest BCUT2D eigenvalue weighted by Crippen LogP contribution is -2.11. The van der Waals surface area contributed by atoms with Crippen LogP contribution in [0.15, 0.2) is 48.5 Å². The maximum Gasteiger partial charge on any atom is 0.338 e. The van der Waals surface area contributed by atoms with Gasteiger partial charge < -0.3 is 9.84 Å². The van der Waals surface area contributed by atoms with Gasteiger partial charge in [0, 0.05) is 5.56 Å². The summed E-state index contributed by atoms with van der Waals surface area (Å²) in [5.74, 6) is -1.12. The summed E-state index contributed by atoms with van der Waals surface area (Å²) in [7, 11) is 1.25. The number of hydrogen-bond acceptors (Lipinski definition) is 4. The van der Waals surface area contributed by atoms with Crippen LogP contribution in [0.2, 0.25) is 0 Å². The molecule has 0 fully saturated rings. The van der Waals surface area contributed by atoms with Gasteiger partial charge in [-0.15, -0.1) is 0 Å². The van der Waals surface area contributed by atoms with E-state index in [9.17, 15) is 14.7 Å². The van der Waals surface area contributed by atoms with Crippen molar-refractivity contribution in [1.82, 2.24) is 0 Å². The third-order valence-corrected chi connectivity index (χ3v) is 2.73. The Kier molecular flexibility index (Phi) is 3.61. The number of carbonyl (C=O) groups is 2. The second-order valence-electron chi connectivity index (χ2n) is 3.88. The third kappa shape index (κ3) is 2.47. The molecule has 1 N–H and O–H groups in total. The van der Waals surface area contributed by atoms with Crippen LogP contribution < -0.4 is 0 Å². The van der Waals surface area contributed by atoms with Crippen molar-refractivity contribution in [3.63, 3.8) is 0 Å². The van der Waals surface area contributed by atoms with E-state index in [4.69, 9.17) is 0 Å². The molecule has 0 saturated carbocycles. The fourth-order valence-corrected chi connectivity index (χ4v) is 1.78. The van der Waals surface area contributed by atoms with Gasteiger partial charge in [0.15, 0.2) is 5.78 Å². The molecular formula is C15H12O4. The number of phenolic OH excluding ortho intramolecular Hbond substituents is 1. The molecule has 2 aromatic carbocycles. The summed E-state index contributed by atoms with van der Waals surface area (Å²) < 4.78 is 4.64. The van der Waals surface area contributed by atoms with Crippen molar-refractivity contribution in [2.75, 3.05) is 7.11 Å².